The number of urea groups is 1. The Labute approximate surface area is 127 Å². The molecule has 1 fully saturated rings. The molecule has 0 radical (unpaired) electrons. The average molecular weight is 304 g/mol. The molecule has 1 atom stereocenters. The van der Waals surface area contributed by atoms with Gasteiger partial charge in [-0.1, -0.05) is 30.3 Å². The van der Waals surface area contributed by atoms with Crippen molar-refractivity contribution in [3.8, 4) is 0 Å². The van der Waals surface area contributed by atoms with Crippen LogP contribution < -0.4 is 10.6 Å². The number of hydrogen-bond acceptors (Lipinski definition) is 5. The van der Waals surface area contributed by atoms with E-state index < -0.39 is 41.8 Å². The van der Waals surface area contributed by atoms with Gasteiger partial charge in [-0.2, -0.15) is 0 Å². The van der Waals surface area contributed by atoms with Crippen LogP contribution in [-0.2, 0) is 19.1 Å². The monoisotopic (exact) mass is 304 g/mol. The summed E-state index contributed by atoms with van der Waals surface area (Å²) in [6.07, 6.45) is 0. The normalized spacial score (nSPS) is 18.2. The van der Waals surface area contributed by atoms with Gasteiger partial charge in [0.25, 0.3) is 0 Å². The summed E-state index contributed by atoms with van der Waals surface area (Å²) < 4.78 is 5.10. The molecule has 2 rings (SSSR count). The Hall–Kier alpha value is -2.70. The first-order valence-electron chi connectivity index (χ1n) is 6.73. The molecule has 22 heavy (non-hydrogen) atoms. The Kier molecular flexibility index (Phi) is 4.25. The molecule has 1 aromatic rings. The molecular weight excluding hydrogens is 288 g/mol. The van der Waals surface area contributed by atoms with E-state index in [1.807, 2.05) is 16.7 Å². The van der Waals surface area contributed by atoms with Gasteiger partial charge < -0.3 is 4.74 Å². The third-order valence-corrected chi connectivity index (χ3v) is 3.61. The predicted molar refractivity (Wildman–Crippen MR) is 75.6 cm³/mol. The second kappa shape index (κ2) is 5.97. The topological polar surface area (TPSA) is 102 Å². The van der Waals surface area contributed by atoms with E-state index >= 15 is 0 Å². The molecule has 0 aliphatic carbocycles. The highest BCUT2D eigenvalue weighted by Gasteiger charge is 2.47. The van der Waals surface area contributed by atoms with Gasteiger partial charge in [0, 0.05) is 0 Å². The number of imide groups is 2. The van der Waals surface area contributed by atoms with Crippen molar-refractivity contribution in [1.29, 1.82) is 0 Å². The maximum atomic E-state index is 12.1. The molecular formula is C15H16N2O5. The van der Waals surface area contributed by atoms with Crippen LogP contribution >= 0.6 is 0 Å². The molecule has 1 saturated heterocycles. The minimum absolute atomic E-state index is 0.437. The van der Waals surface area contributed by atoms with Gasteiger partial charge in [-0.05, 0) is 19.4 Å². The summed E-state index contributed by atoms with van der Waals surface area (Å²) in [6, 6.07) is 8.12. The van der Waals surface area contributed by atoms with Gasteiger partial charge in [-0.15, -0.1) is 0 Å². The number of rotatable bonds is 4. The van der Waals surface area contributed by atoms with E-state index in [2.05, 4.69) is 0 Å². The Balaban J connectivity index is 2.02. The number of esters is 1. The van der Waals surface area contributed by atoms with Gasteiger partial charge in [0.2, 0.25) is 11.8 Å². The molecule has 7 heteroatoms. The highest BCUT2D eigenvalue weighted by molar-refractivity contribution is 6.19. The molecule has 0 unspecified atom stereocenters. The summed E-state index contributed by atoms with van der Waals surface area (Å²) in [5, 5.41) is 3.97. The summed E-state index contributed by atoms with van der Waals surface area (Å²) in [4.78, 5) is 46.7. The lowest BCUT2D eigenvalue weighted by Crippen LogP contribution is -2.63. The molecule has 1 aliphatic rings. The minimum atomic E-state index is -1.63. The summed E-state index contributed by atoms with van der Waals surface area (Å²) in [6.45, 7) is 2.54. The van der Waals surface area contributed by atoms with Crippen LogP contribution in [0, 0.1) is 5.41 Å². The zero-order chi connectivity index (χ0) is 16.3. The van der Waals surface area contributed by atoms with E-state index in [4.69, 9.17) is 4.74 Å². The van der Waals surface area contributed by atoms with Crippen molar-refractivity contribution in [3.05, 3.63) is 35.9 Å². The molecule has 0 bridgehead atoms. The lowest BCUT2D eigenvalue weighted by atomic mass is 9.88. The number of benzene rings is 1. The van der Waals surface area contributed by atoms with Gasteiger partial charge in [0.05, 0.1) is 5.92 Å². The molecule has 1 heterocycles. The fraction of sp³-hybridized carbons (Fsp3) is 0.333. The van der Waals surface area contributed by atoms with Crippen molar-refractivity contribution >= 4 is 23.8 Å². The van der Waals surface area contributed by atoms with Crippen LogP contribution in [0.2, 0.25) is 0 Å². The van der Waals surface area contributed by atoms with E-state index in [9.17, 15) is 19.2 Å². The van der Waals surface area contributed by atoms with Crippen molar-refractivity contribution in [2.75, 3.05) is 6.61 Å². The van der Waals surface area contributed by atoms with Crippen molar-refractivity contribution in [3.63, 3.8) is 0 Å². The first kappa shape index (κ1) is 15.7. The zero-order valence-electron chi connectivity index (χ0n) is 12.2. The third kappa shape index (κ3) is 2.98. The highest BCUT2D eigenvalue weighted by atomic mass is 16.5. The van der Waals surface area contributed by atoms with E-state index in [1.165, 1.54) is 6.92 Å². The van der Waals surface area contributed by atoms with Gasteiger partial charge in [-0.3, -0.25) is 25.0 Å². The van der Waals surface area contributed by atoms with Crippen LogP contribution in [0.25, 0.3) is 0 Å². The smallest absolute Gasteiger partial charge is 0.328 e. The Morgan fingerprint density at radius 3 is 2.23 bits per heavy atom. The van der Waals surface area contributed by atoms with Gasteiger partial charge >= 0.3 is 12.0 Å². The SMILES string of the molecule is C[C@@H](C(=O)OCC1(C)C(=O)NC(=O)NC1=O)c1ccccc1. The average Bonchev–Trinajstić information content (AvgIpc) is 2.50. The number of amides is 4. The number of hydrogen-bond donors (Lipinski definition) is 2. The van der Waals surface area contributed by atoms with E-state index in [0.29, 0.717) is 0 Å². The van der Waals surface area contributed by atoms with E-state index in [1.54, 1.807) is 31.2 Å². The second-order valence-electron chi connectivity index (χ2n) is 5.31. The Morgan fingerprint density at radius 2 is 1.68 bits per heavy atom. The van der Waals surface area contributed by atoms with Crippen LogP contribution in [0.5, 0.6) is 0 Å². The van der Waals surface area contributed by atoms with Gasteiger partial charge in [0.15, 0.2) is 5.41 Å². The predicted octanol–water partition coefficient (Wildman–Crippen LogP) is 0.706. The molecule has 2 N–H and O–H groups in total. The molecule has 4 amide bonds. The maximum Gasteiger partial charge on any atom is 0.328 e. The lowest BCUT2D eigenvalue weighted by Gasteiger charge is -2.30. The Bertz CT molecular complexity index is 606. The summed E-state index contributed by atoms with van der Waals surface area (Å²) in [5.74, 6) is -2.66. The van der Waals surface area contributed by atoms with E-state index in [-0.39, 0.29) is 0 Å². The fourth-order valence-corrected chi connectivity index (χ4v) is 1.97. The van der Waals surface area contributed by atoms with Crippen LogP contribution in [-0.4, -0.2) is 30.4 Å². The zero-order valence-corrected chi connectivity index (χ0v) is 12.2. The van der Waals surface area contributed by atoms with Crippen LogP contribution in [0.15, 0.2) is 30.3 Å². The minimum Gasteiger partial charge on any atom is -0.464 e. The molecule has 0 spiro atoms. The summed E-state index contributed by atoms with van der Waals surface area (Å²) in [5.41, 5.74) is -0.856. The lowest BCUT2D eigenvalue weighted by molar-refractivity contribution is -0.156. The summed E-state index contributed by atoms with van der Waals surface area (Å²) >= 11 is 0. The van der Waals surface area contributed by atoms with Crippen LogP contribution in [0.3, 0.4) is 0 Å². The standard InChI is InChI=1S/C15H16N2O5/c1-9(10-6-4-3-5-7-10)11(18)22-8-15(2)12(19)16-14(21)17-13(15)20/h3-7,9H,8H2,1-2H3,(H2,16,17,19,20,21)/t9-/m1/s1. The van der Waals surface area contributed by atoms with Crippen molar-refractivity contribution in [2.45, 2.75) is 19.8 Å². The first-order chi connectivity index (χ1) is 10.3. The molecule has 1 aliphatic heterocycles. The third-order valence-electron chi connectivity index (χ3n) is 3.61. The number of nitrogens with one attached hydrogen (secondary N) is 2. The highest BCUT2D eigenvalue weighted by Crippen LogP contribution is 2.22. The largest absolute Gasteiger partial charge is 0.464 e. The maximum absolute atomic E-state index is 12.1. The number of ether oxygens (including phenoxy) is 1. The molecule has 7 nitrogen and oxygen atoms in total. The van der Waals surface area contributed by atoms with E-state index in [0.717, 1.165) is 5.56 Å². The van der Waals surface area contributed by atoms with Crippen molar-refractivity contribution in [2.24, 2.45) is 5.41 Å². The Morgan fingerprint density at radius 1 is 1.14 bits per heavy atom. The molecule has 0 saturated carbocycles. The van der Waals surface area contributed by atoms with Crippen molar-refractivity contribution < 1.29 is 23.9 Å². The number of barbiturate groups is 1. The molecule has 116 valence electrons. The number of carbonyl (C=O) groups is 4. The molecule has 1 aromatic carbocycles. The fourth-order valence-electron chi connectivity index (χ4n) is 1.97. The number of carbonyl (C=O) groups excluding carboxylic acids is 4. The van der Waals surface area contributed by atoms with Crippen molar-refractivity contribution in [1.82, 2.24) is 10.6 Å². The van der Waals surface area contributed by atoms with Crippen LogP contribution in [0.4, 0.5) is 4.79 Å². The van der Waals surface area contributed by atoms with Crippen LogP contribution in [0.1, 0.15) is 25.3 Å². The quantitative estimate of drug-likeness (QED) is 0.630. The second-order valence-corrected chi connectivity index (χ2v) is 5.31. The van der Waals surface area contributed by atoms with Gasteiger partial charge in [0.1, 0.15) is 6.61 Å². The van der Waals surface area contributed by atoms with Gasteiger partial charge in [-0.25, -0.2) is 4.79 Å². The molecule has 0 aromatic heterocycles. The summed E-state index contributed by atoms with van der Waals surface area (Å²) in [7, 11) is 0. The first-order valence-corrected chi connectivity index (χ1v) is 6.73.